The van der Waals surface area contributed by atoms with Crippen LogP contribution in [0.5, 0.6) is 11.5 Å². The molecule has 1 aromatic rings. The van der Waals surface area contributed by atoms with E-state index in [1.807, 2.05) is 0 Å². The lowest BCUT2D eigenvalue weighted by atomic mass is 9.99. The number of benzene rings is 1. The summed E-state index contributed by atoms with van der Waals surface area (Å²) in [5, 5.41) is 69.7. The van der Waals surface area contributed by atoms with Crippen LogP contribution in [-0.2, 0) is 25.3 Å². The molecular formula is C30H44F3N5O14. The minimum Gasteiger partial charge on any atom is -0.480 e. The third-order valence-corrected chi connectivity index (χ3v) is 8.26. The van der Waals surface area contributed by atoms with Crippen LogP contribution in [-0.4, -0.2) is 202 Å². The maximum atomic E-state index is 14.0. The van der Waals surface area contributed by atoms with Gasteiger partial charge in [-0.2, -0.15) is 13.2 Å². The first-order chi connectivity index (χ1) is 24.5. The molecule has 1 aromatic carbocycles. The number of halogens is 3. The molecule has 294 valence electrons. The fourth-order valence-corrected chi connectivity index (χ4v) is 5.49. The van der Waals surface area contributed by atoms with Crippen LogP contribution >= 0.6 is 0 Å². The van der Waals surface area contributed by atoms with Gasteiger partial charge in [0.1, 0.15) is 41.5 Å². The Labute approximate surface area is 295 Å². The molecule has 1 amide bonds. The molecule has 19 nitrogen and oxygen atoms in total. The number of carboxylic acid groups (broad SMARTS) is 3. The second kappa shape index (κ2) is 19.8. The molecule has 0 radical (unpaired) electrons. The Hall–Kier alpha value is -3.87. The molecule has 0 aromatic heterocycles. The molecule has 2 aliphatic rings. The summed E-state index contributed by atoms with van der Waals surface area (Å²) >= 11 is 0. The summed E-state index contributed by atoms with van der Waals surface area (Å²) in [5.41, 5.74) is -1.44. The van der Waals surface area contributed by atoms with E-state index in [4.69, 9.17) is 14.2 Å². The average molecular weight is 756 g/mol. The van der Waals surface area contributed by atoms with Gasteiger partial charge in [0.05, 0.1) is 26.2 Å². The van der Waals surface area contributed by atoms with Crippen molar-refractivity contribution < 1.29 is 82.3 Å². The number of nitrogens with one attached hydrogen (secondary N) is 1. The van der Waals surface area contributed by atoms with Crippen LogP contribution < -0.4 is 14.8 Å². The highest BCUT2D eigenvalue weighted by molar-refractivity contribution is 5.71. The van der Waals surface area contributed by atoms with E-state index in [-0.39, 0.29) is 85.1 Å². The van der Waals surface area contributed by atoms with Crippen LogP contribution in [0.15, 0.2) is 18.2 Å². The Morgan fingerprint density at radius 1 is 0.769 bits per heavy atom. The third kappa shape index (κ3) is 13.6. The fourth-order valence-electron chi connectivity index (χ4n) is 5.49. The summed E-state index contributed by atoms with van der Waals surface area (Å²) in [4.78, 5) is 53.5. The van der Waals surface area contributed by atoms with Gasteiger partial charge in [0.2, 0.25) is 6.29 Å². The van der Waals surface area contributed by atoms with Crippen molar-refractivity contribution in [3.8, 4) is 11.5 Å². The molecule has 3 rings (SSSR count). The maximum Gasteiger partial charge on any atom is 0.420 e. The first-order valence-electron chi connectivity index (χ1n) is 16.2. The minimum absolute atomic E-state index is 0.111. The van der Waals surface area contributed by atoms with E-state index in [2.05, 4.69) is 5.32 Å². The number of aliphatic hydroxyl groups excluding tert-OH is 4. The summed E-state index contributed by atoms with van der Waals surface area (Å²) in [6.07, 6.45) is -14.9. The highest BCUT2D eigenvalue weighted by Gasteiger charge is 2.45. The van der Waals surface area contributed by atoms with E-state index in [9.17, 15) is 68.1 Å². The first kappa shape index (κ1) is 42.5. The van der Waals surface area contributed by atoms with Gasteiger partial charge in [0, 0.05) is 65.4 Å². The molecule has 0 bridgehead atoms. The van der Waals surface area contributed by atoms with Crippen molar-refractivity contribution in [3.63, 3.8) is 0 Å². The molecule has 5 atom stereocenters. The Balaban J connectivity index is 1.66. The maximum absolute atomic E-state index is 14.0. The quantitative estimate of drug-likeness (QED) is 0.103. The predicted octanol–water partition coefficient (Wildman–Crippen LogP) is -2.55. The number of rotatable bonds is 13. The Bertz CT molecular complexity index is 1330. The van der Waals surface area contributed by atoms with Gasteiger partial charge in [-0.3, -0.25) is 34.0 Å². The van der Waals surface area contributed by atoms with Gasteiger partial charge in [-0.05, 0) is 18.2 Å². The molecule has 0 saturated carbocycles. The second-order valence-corrected chi connectivity index (χ2v) is 12.1. The molecule has 0 spiro atoms. The molecule has 2 heterocycles. The summed E-state index contributed by atoms with van der Waals surface area (Å²) in [5.74, 6) is -4.71. The van der Waals surface area contributed by atoms with Crippen LogP contribution in [0, 0.1) is 0 Å². The lowest BCUT2D eigenvalue weighted by molar-refractivity contribution is -0.277. The third-order valence-electron chi connectivity index (χ3n) is 8.26. The van der Waals surface area contributed by atoms with Crippen molar-refractivity contribution in [2.75, 3.05) is 91.7 Å². The van der Waals surface area contributed by atoms with Crippen LogP contribution in [0.2, 0.25) is 0 Å². The fraction of sp³-hybridized carbons (Fsp3) is 0.667. The number of hydrogen-bond donors (Lipinski definition) is 8. The van der Waals surface area contributed by atoms with Crippen LogP contribution in [0.25, 0.3) is 0 Å². The summed E-state index contributed by atoms with van der Waals surface area (Å²) in [6.45, 7) is -0.0829. The number of aliphatic carboxylic acids is 3. The number of carbonyl (C=O) groups is 4. The number of hydrogen-bond acceptors (Lipinski definition) is 15. The number of aliphatic hydroxyl groups is 4. The zero-order chi connectivity index (χ0) is 38.6. The Kier molecular flexibility index (Phi) is 16.2. The Morgan fingerprint density at radius 2 is 1.25 bits per heavy atom. The number of carbonyl (C=O) groups excluding carboxylic acids is 1. The summed E-state index contributed by atoms with van der Waals surface area (Å²) < 4.78 is 57.3. The number of carboxylic acids is 3. The second-order valence-electron chi connectivity index (χ2n) is 12.1. The molecule has 2 aliphatic heterocycles. The minimum atomic E-state index is -5.06. The lowest BCUT2D eigenvalue weighted by Gasteiger charge is -2.39. The van der Waals surface area contributed by atoms with E-state index >= 15 is 0 Å². The normalized spacial score (nSPS) is 25.0. The topological polar surface area (TPSA) is 263 Å². The van der Waals surface area contributed by atoms with E-state index in [1.165, 1.54) is 0 Å². The van der Waals surface area contributed by atoms with Crippen molar-refractivity contribution >= 4 is 24.0 Å². The average Bonchev–Trinajstić information content (AvgIpc) is 3.05. The van der Waals surface area contributed by atoms with Crippen LogP contribution in [0.4, 0.5) is 18.0 Å². The van der Waals surface area contributed by atoms with E-state index in [0.29, 0.717) is 6.07 Å². The summed E-state index contributed by atoms with van der Waals surface area (Å²) in [6, 6.07) is 2.22. The van der Waals surface area contributed by atoms with Gasteiger partial charge in [-0.15, -0.1) is 0 Å². The van der Waals surface area contributed by atoms with Gasteiger partial charge >= 0.3 is 30.2 Å². The standard InChI is InChI=1S/C30H44F3N5O14/c31-30(32,33)19-13-18(50-28-27(48)26(47)25(46)21(17-39)51-28)1-2-20(19)52-29(49)34-3-4-35-5-7-36(14-22(40)41)9-11-38(16-24(44)45)12-10-37(8-6-35)15-23(42)43/h1-2,13,21,25-28,39,46-48H,3-12,14-17H2,(H,34,49)(H,40,41)(H,42,43)(H,44,45)/t21-,25+,26+,27-,28+/m1/s1. The zero-order valence-electron chi connectivity index (χ0n) is 27.9. The number of alkyl halides is 3. The number of nitrogens with zero attached hydrogens (tertiary/aromatic N) is 4. The van der Waals surface area contributed by atoms with Gasteiger partial charge < -0.3 is 55.3 Å². The predicted molar refractivity (Wildman–Crippen MR) is 169 cm³/mol. The zero-order valence-corrected chi connectivity index (χ0v) is 27.9. The van der Waals surface area contributed by atoms with Gasteiger partial charge in [0.15, 0.2) is 0 Å². The monoisotopic (exact) mass is 755 g/mol. The van der Waals surface area contributed by atoms with E-state index in [0.717, 1.165) is 12.1 Å². The van der Waals surface area contributed by atoms with Crippen molar-refractivity contribution in [2.24, 2.45) is 0 Å². The molecular weight excluding hydrogens is 711 g/mol. The highest BCUT2D eigenvalue weighted by Crippen LogP contribution is 2.39. The molecule has 0 unspecified atom stereocenters. The Morgan fingerprint density at radius 3 is 1.69 bits per heavy atom. The molecule has 8 N–H and O–H groups in total. The van der Waals surface area contributed by atoms with Gasteiger partial charge in [-0.25, -0.2) is 4.79 Å². The number of ether oxygens (including phenoxy) is 3. The van der Waals surface area contributed by atoms with Crippen molar-refractivity contribution in [1.29, 1.82) is 0 Å². The SMILES string of the molecule is O=C(O)CN1CCN(CCNC(=O)Oc2ccc(O[C@H]3O[C@H](CO)[C@H](O)[C@H](O)[C@H]3O)cc2C(F)(F)F)CCN(CC(=O)O)CCN(CC(=O)O)CC1. The van der Waals surface area contributed by atoms with Crippen molar-refractivity contribution in [1.82, 2.24) is 24.9 Å². The largest absolute Gasteiger partial charge is 0.480 e. The highest BCUT2D eigenvalue weighted by atomic mass is 19.4. The van der Waals surface area contributed by atoms with Gasteiger partial charge in [0.25, 0.3) is 0 Å². The molecule has 0 aliphatic carbocycles. The molecule has 52 heavy (non-hydrogen) atoms. The number of amides is 1. The van der Waals surface area contributed by atoms with E-state index < -0.39 is 84.6 Å². The molecule has 2 fully saturated rings. The smallest absolute Gasteiger partial charge is 0.420 e. The molecule has 22 heteroatoms. The van der Waals surface area contributed by atoms with Crippen LogP contribution in [0.3, 0.4) is 0 Å². The van der Waals surface area contributed by atoms with E-state index in [1.54, 1.807) is 19.6 Å². The summed E-state index contributed by atoms with van der Waals surface area (Å²) in [7, 11) is 0. The first-order valence-corrected chi connectivity index (χ1v) is 16.2. The van der Waals surface area contributed by atoms with Crippen molar-refractivity contribution in [2.45, 2.75) is 36.9 Å². The molecule has 2 saturated heterocycles. The van der Waals surface area contributed by atoms with Gasteiger partial charge in [-0.1, -0.05) is 0 Å². The van der Waals surface area contributed by atoms with Crippen LogP contribution in [0.1, 0.15) is 5.56 Å². The van der Waals surface area contributed by atoms with Crippen molar-refractivity contribution in [3.05, 3.63) is 23.8 Å². The lowest BCUT2D eigenvalue weighted by Crippen LogP contribution is -2.60.